The molecule has 0 aliphatic carbocycles. The van der Waals surface area contributed by atoms with E-state index in [0.29, 0.717) is 29.4 Å². The second kappa shape index (κ2) is 13.7. The number of hydrogen-bond donors (Lipinski definition) is 3. The highest BCUT2D eigenvalue weighted by molar-refractivity contribution is 6.33. The monoisotopic (exact) mass is 543 g/mol. The summed E-state index contributed by atoms with van der Waals surface area (Å²) in [6.45, 7) is 4.93. The summed E-state index contributed by atoms with van der Waals surface area (Å²) in [4.78, 5) is 11.1. The van der Waals surface area contributed by atoms with Crippen molar-refractivity contribution < 1.29 is 4.74 Å². The number of benzene rings is 2. The molecule has 0 aliphatic heterocycles. The quantitative estimate of drug-likeness (QED) is 0.161. The normalized spacial score (nSPS) is 10.9. The van der Waals surface area contributed by atoms with Crippen LogP contribution in [0.4, 0.5) is 22.7 Å². The van der Waals surface area contributed by atoms with Gasteiger partial charge in [-0.15, -0.1) is 0 Å². The highest BCUT2D eigenvalue weighted by Gasteiger charge is 2.15. The second-order valence-corrected chi connectivity index (χ2v) is 9.80. The number of rotatable bonds is 13. The predicted molar refractivity (Wildman–Crippen MR) is 160 cm³/mol. The molecule has 3 N–H and O–H groups in total. The minimum Gasteiger partial charge on any atom is -0.492 e. The molecule has 39 heavy (non-hydrogen) atoms. The molecule has 0 amide bonds. The number of unbranched alkanes of at least 4 members (excludes halogenated alkanes) is 1. The van der Waals surface area contributed by atoms with Crippen LogP contribution in [0.2, 0.25) is 5.02 Å². The van der Waals surface area contributed by atoms with Gasteiger partial charge in [0.2, 0.25) is 0 Å². The molecule has 202 valence electrons. The molecule has 0 saturated carbocycles. The van der Waals surface area contributed by atoms with Gasteiger partial charge in [0.25, 0.3) is 0 Å². The number of hydrogen-bond acceptors (Lipinski definition) is 8. The van der Waals surface area contributed by atoms with Crippen molar-refractivity contribution >= 4 is 45.3 Å². The minimum absolute atomic E-state index is 0.442. The van der Waals surface area contributed by atoms with Gasteiger partial charge in [0, 0.05) is 36.1 Å². The summed E-state index contributed by atoms with van der Waals surface area (Å²) in [5.74, 6) is 0.743. The number of pyridine rings is 2. The molecule has 0 fully saturated rings. The Morgan fingerprint density at radius 1 is 1.03 bits per heavy atom. The molecule has 4 rings (SSSR count). The molecule has 0 aliphatic rings. The van der Waals surface area contributed by atoms with Gasteiger partial charge in [-0.2, -0.15) is 5.26 Å². The first-order valence-electron chi connectivity index (χ1n) is 13.1. The third-order valence-corrected chi connectivity index (χ3v) is 6.47. The Bertz CT molecular complexity index is 1440. The van der Waals surface area contributed by atoms with Crippen molar-refractivity contribution in [3.63, 3.8) is 0 Å². The van der Waals surface area contributed by atoms with Crippen LogP contribution < -0.4 is 20.7 Å². The maximum atomic E-state index is 9.87. The maximum absolute atomic E-state index is 9.87. The zero-order chi connectivity index (χ0) is 27.6. The molecule has 2 aromatic carbocycles. The van der Waals surface area contributed by atoms with E-state index in [-0.39, 0.29) is 0 Å². The fraction of sp³-hybridized carbons (Fsp3) is 0.300. The Hall–Kier alpha value is -4.06. The summed E-state index contributed by atoms with van der Waals surface area (Å²) >= 11 is 6.61. The molecule has 0 saturated heterocycles. The average molecular weight is 544 g/mol. The van der Waals surface area contributed by atoms with Crippen molar-refractivity contribution in [1.29, 1.82) is 5.26 Å². The lowest BCUT2D eigenvalue weighted by Crippen LogP contribution is -2.14. The van der Waals surface area contributed by atoms with Crippen LogP contribution in [0.5, 0.6) is 5.75 Å². The van der Waals surface area contributed by atoms with Gasteiger partial charge in [0.05, 0.1) is 52.0 Å². The van der Waals surface area contributed by atoms with Crippen LogP contribution in [0.25, 0.3) is 10.9 Å². The van der Waals surface area contributed by atoms with Gasteiger partial charge in [-0.05, 0) is 76.8 Å². The Morgan fingerprint density at radius 3 is 2.62 bits per heavy atom. The van der Waals surface area contributed by atoms with Gasteiger partial charge in [0.1, 0.15) is 11.8 Å². The average Bonchev–Trinajstić information content (AvgIpc) is 2.93. The second-order valence-electron chi connectivity index (χ2n) is 9.39. The molecule has 4 aromatic rings. The number of fused-ring (bicyclic) bond motifs is 1. The van der Waals surface area contributed by atoms with Crippen LogP contribution in [0.1, 0.15) is 31.0 Å². The van der Waals surface area contributed by atoms with Gasteiger partial charge in [-0.25, -0.2) is 0 Å². The Labute approximate surface area is 235 Å². The summed E-state index contributed by atoms with van der Waals surface area (Å²) in [7, 11) is 4.16. The molecule has 0 spiro atoms. The molecule has 0 atom stereocenters. The lowest BCUT2D eigenvalue weighted by Gasteiger charge is -2.17. The van der Waals surface area contributed by atoms with E-state index in [0.717, 1.165) is 65.3 Å². The van der Waals surface area contributed by atoms with E-state index in [2.05, 4.69) is 51.0 Å². The van der Waals surface area contributed by atoms with E-state index in [1.807, 2.05) is 55.5 Å². The van der Waals surface area contributed by atoms with Crippen molar-refractivity contribution in [3.05, 3.63) is 77.2 Å². The number of halogens is 1. The van der Waals surface area contributed by atoms with E-state index in [1.54, 1.807) is 12.4 Å². The SMILES string of the molecule is CCOc1cc2ncc(C#N)c(Nc3ccc(NCc4ccccn4)c(Cl)c3)c2cc1NCCCCN(C)C. The van der Waals surface area contributed by atoms with Gasteiger partial charge in [0.15, 0.2) is 0 Å². The van der Waals surface area contributed by atoms with Crippen molar-refractivity contribution in [1.82, 2.24) is 14.9 Å². The van der Waals surface area contributed by atoms with E-state index >= 15 is 0 Å². The van der Waals surface area contributed by atoms with Crippen LogP contribution in [0.15, 0.2) is 60.9 Å². The van der Waals surface area contributed by atoms with Gasteiger partial charge >= 0.3 is 0 Å². The number of anilines is 4. The zero-order valence-electron chi connectivity index (χ0n) is 22.6. The van der Waals surface area contributed by atoms with Crippen LogP contribution in [-0.2, 0) is 6.54 Å². The molecule has 9 heteroatoms. The van der Waals surface area contributed by atoms with Crippen molar-refractivity contribution in [2.24, 2.45) is 0 Å². The molecule has 0 radical (unpaired) electrons. The van der Waals surface area contributed by atoms with Gasteiger partial charge < -0.3 is 25.6 Å². The number of nitriles is 1. The molecule has 0 bridgehead atoms. The molecule has 2 aromatic heterocycles. The van der Waals surface area contributed by atoms with E-state index in [4.69, 9.17) is 16.3 Å². The lowest BCUT2D eigenvalue weighted by atomic mass is 10.1. The van der Waals surface area contributed by atoms with E-state index < -0.39 is 0 Å². The standard InChI is InChI=1S/C30H34ClN7O/c1-4-39-29-17-27-24(16-28(29)34-13-7-8-14-38(2)3)30(21(18-32)19-35-27)37-22-10-11-26(25(31)15-22)36-20-23-9-5-6-12-33-23/h5-6,9-12,15-17,19,34,36H,4,7-8,13-14,20H2,1-3H3,(H,35,37). The summed E-state index contributed by atoms with van der Waals surface area (Å²) in [5.41, 5.74) is 5.21. The van der Waals surface area contributed by atoms with Crippen LogP contribution in [0, 0.1) is 11.3 Å². The Morgan fingerprint density at radius 2 is 1.90 bits per heavy atom. The third-order valence-electron chi connectivity index (χ3n) is 6.16. The third kappa shape index (κ3) is 7.50. The van der Waals surface area contributed by atoms with Crippen molar-refractivity contribution in [2.75, 3.05) is 49.7 Å². The van der Waals surface area contributed by atoms with Crippen molar-refractivity contribution in [3.8, 4) is 11.8 Å². The molecule has 8 nitrogen and oxygen atoms in total. The Kier molecular flexibility index (Phi) is 9.79. The van der Waals surface area contributed by atoms with E-state index in [9.17, 15) is 5.26 Å². The fourth-order valence-corrected chi connectivity index (χ4v) is 4.44. The van der Waals surface area contributed by atoms with E-state index in [1.165, 1.54) is 0 Å². The molecular weight excluding hydrogens is 510 g/mol. The number of ether oxygens (including phenoxy) is 1. The number of nitrogens with zero attached hydrogens (tertiary/aromatic N) is 4. The predicted octanol–water partition coefficient (Wildman–Crippen LogP) is 6.66. The molecule has 2 heterocycles. The topological polar surface area (TPSA) is 98.1 Å². The maximum Gasteiger partial charge on any atom is 0.144 e. The summed E-state index contributed by atoms with van der Waals surface area (Å²) in [6.07, 6.45) is 5.47. The Balaban J connectivity index is 1.59. The van der Waals surface area contributed by atoms with Crippen molar-refractivity contribution in [2.45, 2.75) is 26.3 Å². The lowest BCUT2D eigenvalue weighted by molar-refractivity contribution is 0.342. The largest absolute Gasteiger partial charge is 0.492 e. The van der Waals surface area contributed by atoms with Crippen LogP contribution >= 0.6 is 11.6 Å². The van der Waals surface area contributed by atoms with Crippen LogP contribution in [0.3, 0.4) is 0 Å². The smallest absolute Gasteiger partial charge is 0.144 e. The zero-order valence-corrected chi connectivity index (χ0v) is 23.3. The minimum atomic E-state index is 0.442. The number of nitrogens with one attached hydrogen (secondary N) is 3. The first-order valence-corrected chi connectivity index (χ1v) is 13.4. The first-order chi connectivity index (χ1) is 19.0. The fourth-order valence-electron chi connectivity index (χ4n) is 4.20. The van der Waals surface area contributed by atoms with Crippen LogP contribution in [-0.4, -0.2) is 48.7 Å². The van der Waals surface area contributed by atoms with Gasteiger partial charge in [-0.3, -0.25) is 9.97 Å². The summed E-state index contributed by atoms with van der Waals surface area (Å²) in [6, 6.07) is 17.7. The van der Waals surface area contributed by atoms with Gasteiger partial charge in [-0.1, -0.05) is 17.7 Å². The summed E-state index contributed by atoms with van der Waals surface area (Å²) in [5, 5.41) is 21.5. The highest BCUT2D eigenvalue weighted by atomic mass is 35.5. The summed E-state index contributed by atoms with van der Waals surface area (Å²) < 4.78 is 5.91. The highest BCUT2D eigenvalue weighted by Crippen LogP contribution is 2.37. The molecule has 0 unspecified atom stereocenters. The number of aromatic nitrogens is 2. The molecular formula is C30H34ClN7O. The first kappa shape index (κ1) is 28.0.